The minimum atomic E-state index is -0.562. The maximum Gasteiger partial charge on any atom is 0.287 e. The predicted molar refractivity (Wildman–Crippen MR) is 147 cm³/mol. The van der Waals surface area contributed by atoms with E-state index in [1.807, 2.05) is 69.2 Å². The smallest absolute Gasteiger partial charge is 0.287 e. The average molecular weight is 501 g/mol. The van der Waals surface area contributed by atoms with Gasteiger partial charge in [-0.15, -0.1) is 0 Å². The van der Waals surface area contributed by atoms with Crippen LogP contribution in [-0.2, 0) is 4.79 Å². The van der Waals surface area contributed by atoms with Gasteiger partial charge in [0.1, 0.15) is 5.70 Å². The lowest BCUT2D eigenvalue weighted by molar-refractivity contribution is -0.117. The SMILES string of the molecule is CCOc1ccc(/C=N\NC(=O)/C(=C\c2ccc(N(C)C)cc2)NC(=O)c2ccccc2)cc1OCC. The van der Waals surface area contributed by atoms with Gasteiger partial charge in [-0.1, -0.05) is 30.3 Å². The van der Waals surface area contributed by atoms with Gasteiger partial charge in [0.2, 0.25) is 0 Å². The number of anilines is 1. The number of hydrogen-bond donors (Lipinski definition) is 2. The third kappa shape index (κ3) is 7.96. The summed E-state index contributed by atoms with van der Waals surface area (Å²) in [6, 6.07) is 21.7. The Morgan fingerprint density at radius 2 is 1.51 bits per heavy atom. The summed E-state index contributed by atoms with van der Waals surface area (Å²) in [7, 11) is 3.90. The van der Waals surface area contributed by atoms with Crippen molar-refractivity contribution in [3.8, 4) is 11.5 Å². The summed E-state index contributed by atoms with van der Waals surface area (Å²) in [5, 5.41) is 6.78. The molecule has 0 saturated heterocycles. The Bertz CT molecular complexity index is 1250. The molecular formula is C29H32N4O4. The highest BCUT2D eigenvalue weighted by atomic mass is 16.5. The van der Waals surface area contributed by atoms with Crippen molar-refractivity contribution in [1.29, 1.82) is 0 Å². The number of carbonyl (C=O) groups excluding carboxylic acids is 2. The van der Waals surface area contributed by atoms with Crippen molar-refractivity contribution < 1.29 is 19.1 Å². The molecular weight excluding hydrogens is 468 g/mol. The Labute approximate surface area is 217 Å². The van der Waals surface area contributed by atoms with E-state index in [0.717, 1.165) is 11.3 Å². The van der Waals surface area contributed by atoms with Gasteiger partial charge in [-0.05, 0) is 73.5 Å². The fourth-order valence-corrected chi connectivity index (χ4v) is 3.35. The van der Waals surface area contributed by atoms with Crippen LogP contribution in [0.1, 0.15) is 35.3 Å². The van der Waals surface area contributed by atoms with Crippen molar-refractivity contribution in [3.63, 3.8) is 0 Å². The molecule has 3 aromatic rings. The highest BCUT2D eigenvalue weighted by molar-refractivity contribution is 6.05. The molecule has 0 spiro atoms. The van der Waals surface area contributed by atoms with Crippen LogP contribution in [0.4, 0.5) is 5.69 Å². The first-order valence-corrected chi connectivity index (χ1v) is 12.0. The van der Waals surface area contributed by atoms with Crippen LogP contribution < -0.4 is 25.1 Å². The second-order valence-electron chi connectivity index (χ2n) is 8.14. The number of hydrogen-bond acceptors (Lipinski definition) is 6. The lowest BCUT2D eigenvalue weighted by Gasteiger charge is -2.13. The van der Waals surface area contributed by atoms with E-state index in [1.165, 1.54) is 6.21 Å². The summed E-state index contributed by atoms with van der Waals surface area (Å²) < 4.78 is 11.2. The third-order valence-corrected chi connectivity index (χ3v) is 5.20. The monoisotopic (exact) mass is 500 g/mol. The highest BCUT2D eigenvalue weighted by Crippen LogP contribution is 2.28. The van der Waals surface area contributed by atoms with Crippen LogP contribution >= 0.6 is 0 Å². The van der Waals surface area contributed by atoms with E-state index in [9.17, 15) is 9.59 Å². The van der Waals surface area contributed by atoms with Gasteiger partial charge in [-0.2, -0.15) is 5.10 Å². The Kier molecular flexibility index (Phi) is 9.84. The summed E-state index contributed by atoms with van der Waals surface area (Å²) in [5.74, 6) is 0.271. The molecule has 0 unspecified atom stereocenters. The largest absolute Gasteiger partial charge is 0.490 e. The van der Waals surface area contributed by atoms with E-state index in [4.69, 9.17) is 9.47 Å². The highest BCUT2D eigenvalue weighted by Gasteiger charge is 2.14. The van der Waals surface area contributed by atoms with E-state index >= 15 is 0 Å². The van der Waals surface area contributed by atoms with Crippen molar-refractivity contribution in [2.24, 2.45) is 5.10 Å². The lowest BCUT2D eigenvalue weighted by Crippen LogP contribution is -2.32. The van der Waals surface area contributed by atoms with Crippen molar-refractivity contribution in [2.45, 2.75) is 13.8 Å². The van der Waals surface area contributed by atoms with Crippen molar-refractivity contribution in [3.05, 3.63) is 95.2 Å². The van der Waals surface area contributed by atoms with Crippen LogP contribution in [0.3, 0.4) is 0 Å². The molecule has 0 aromatic heterocycles. The number of rotatable bonds is 11. The Morgan fingerprint density at radius 1 is 0.865 bits per heavy atom. The molecule has 37 heavy (non-hydrogen) atoms. The number of nitrogens with zero attached hydrogens (tertiary/aromatic N) is 2. The van der Waals surface area contributed by atoms with Gasteiger partial charge in [0.15, 0.2) is 11.5 Å². The fraction of sp³-hybridized carbons (Fsp3) is 0.207. The molecule has 0 fully saturated rings. The molecule has 0 saturated carbocycles. The van der Waals surface area contributed by atoms with Crippen molar-refractivity contribution >= 4 is 29.8 Å². The van der Waals surface area contributed by atoms with Gasteiger partial charge in [0.05, 0.1) is 19.4 Å². The van der Waals surface area contributed by atoms with E-state index < -0.39 is 11.8 Å². The molecule has 0 aliphatic carbocycles. The maximum atomic E-state index is 13.0. The minimum absolute atomic E-state index is 0.0605. The maximum absolute atomic E-state index is 13.0. The molecule has 2 amide bonds. The number of amides is 2. The van der Waals surface area contributed by atoms with Gasteiger partial charge in [0.25, 0.3) is 11.8 Å². The van der Waals surface area contributed by atoms with E-state index in [0.29, 0.717) is 35.8 Å². The van der Waals surface area contributed by atoms with Gasteiger partial charge >= 0.3 is 0 Å². The first kappa shape index (κ1) is 27.0. The van der Waals surface area contributed by atoms with Crippen molar-refractivity contribution in [2.75, 3.05) is 32.2 Å². The quantitative estimate of drug-likeness (QED) is 0.230. The molecule has 0 bridgehead atoms. The summed E-state index contributed by atoms with van der Waals surface area (Å²) in [6.45, 7) is 4.80. The molecule has 0 radical (unpaired) electrons. The molecule has 0 atom stereocenters. The average Bonchev–Trinajstić information content (AvgIpc) is 2.90. The van der Waals surface area contributed by atoms with Gasteiger partial charge in [-0.3, -0.25) is 9.59 Å². The number of ether oxygens (including phenoxy) is 2. The Morgan fingerprint density at radius 3 is 2.16 bits per heavy atom. The standard InChI is InChI=1S/C29H32N4O4/c1-5-36-26-17-14-22(19-27(26)37-6-2)20-30-32-29(35)25(31-28(34)23-10-8-7-9-11-23)18-21-12-15-24(16-13-21)33(3)4/h7-20H,5-6H2,1-4H3,(H,31,34)(H,32,35)/b25-18+,30-20-. The zero-order valence-corrected chi connectivity index (χ0v) is 21.5. The number of nitrogens with one attached hydrogen (secondary N) is 2. The van der Waals surface area contributed by atoms with Gasteiger partial charge in [0, 0.05) is 25.3 Å². The second kappa shape index (κ2) is 13.5. The summed E-state index contributed by atoms with van der Waals surface area (Å²) in [4.78, 5) is 27.8. The lowest BCUT2D eigenvalue weighted by atomic mass is 10.1. The van der Waals surface area contributed by atoms with Gasteiger partial charge in [-0.25, -0.2) is 5.43 Å². The van der Waals surface area contributed by atoms with E-state index in [1.54, 1.807) is 42.5 Å². The second-order valence-corrected chi connectivity index (χ2v) is 8.14. The topological polar surface area (TPSA) is 92.3 Å². The van der Waals surface area contributed by atoms with Crippen molar-refractivity contribution in [1.82, 2.24) is 10.7 Å². The first-order chi connectivity index (χ1) is 17.9. The fourth-order valence-electron chi connectivity index (χ4n) is 3.35. The third-order valence-electron chi connectivity index (χ3n) is 5.20. The van der Waals surface area contributed by atoms with Crippen LogP contribution in [0.25, 0.3) is 6.08 Å². The molecule has 0 aliphatic rings. The van der Waals surface area contributed by atoms with Crippen LogP contribution in [0.2, 0.25) is 0 Å². The Balaban J connectivity index is 1.80. The zero-order valence-electron chi connectivity index (χ0n) is 21.5. The van der Waals surface area contributed by atoms with E-state index in [2.05, 4.69) is 15.8 Å². The molecule has 192 valence electrons. The first-order valence-electron chi connectivity index (χ1n) is 12.0. The summed E-state index contributed by atoms with van der Waals surface area (Å²) >= 11 is 0. The molecule has 0 heterocycles. The number of benzene rings is 3. The van der Waals surface area contributed by atoms with Crippen LogP contribution in [0.15, 0.2) is 83.6 Å². The van der Waals surface area contributed by atoms with Crippen LogP contribution in [0, 0.1) is 0 Å². The molecule has 3 aromatic carbocycles. The van der Waals surface area contributed by atoms with Crippen LogP contribution in [-0.4, -0.2) is 45.3 Å². The molecule has 3 rings (SSSR count). The van der Waals surface area contributed by atoms with Gasteiger partial charge < -0.3 is 19.7 Å². The number of hydrazone groups is 1. The predicted octanol–water partition coefficient (Wildman–Crippen LogP) is 4.47. The molecule has 2 N–H and O–H groups in total. The Hall–Kier alpha value is -4.59. The molecule has 8 nitrogen and oxygen atoms in total. The molecule has 8 heteroatoms. The molecule has 0 aliphatic heterocycles. The van der Waals surface area contributed by atoms with E-state index in [-0.39, 0.29) is 5.70 Å². The zero-order chi connectivity index (χ0) is 26.6. The minimum Gasteiger partial charge on any atom is -0.490 e. The summed E-state index contributed by atoms with van der Waals surface area (Å²) in [6.07, 6.45) is 3.11. The summed E-state index contributed by atoms with van der Waals surface area (Å²) in [5.41, 5.74) is 5.47. The normalized spacial score (nSPS) is 11.2. The number of carbonyl (C=O) groups is 2. The van der Waals surface area contributed by atoms with Crippen LogP contribution in [0.5, 0.6) is 11.5 Å².